The minimum atomic E-state index is -0.549. The van der Waals surface area contributed by atoms with Crippen LogP contribution in [0.25, 0.3) is 10.9 Å². The van der Waals surface area contributed by atoms with Gasteiger partial charge in [0.2, 0.25) is 5.91 Å². The number of aromatic nitrogens is 1. The second-order valence-corrected chi connectivity index (χ2v) is 6.47. The molecule has 0 bridgehead atoms. The maximum absolute atomic E-state index is 12.6. The fourth-order valence-electron chi connectivity index (χ4n) is 3.72. The standard InChI is InChI=1S/C18H22N2O2/c1-20-15-8-4-3-7-13(15)11-14(16(20)21)12-18(17(19)22)9-5-2-6-10-18/h3-4,7-8,11H,2,5-6,9-10,12H2,1H3,(H2,19,22). The van der Waals surface area contributed by atoms with Gasteiger partial charge in [0, 0.05) is 12.6 Å². The van der Waals surface area contributed by atoms with E-state index >= 15 is 0 Å². The van der Waals surface area contributed by atoms with E-state index < -0.39 is 5.41 Å². The van der Waals surface area contributed by atoms with Crippen LogP contribution in [-0.4, -0.2) is 10.5 Å². The van der Waals surface area contributed by atoms with Gasteiger partial charge >= 0.3 is 0 Å². The van der Waals surface area contributed by atoms with Gasteiger partial charge in [-0.15, -0.1) is 0 Å². The van der Waals surface area contributed by atoms with Crippen molar-refractivity contribution in [1.82, 2.24) is 4.57 Å². The molecule has 1 aliphatic rings. The molecule has 116 valence electrons. The number of amides is 1. The molecule has 1 heterocycles. The Morgan fingerprint density at radius 1 is 1.23 bits per heavy atom. The number of carbonyl (C=O) groups is 1. The third-order valence-corrected chi connectivity index (χ3v) is 5.07. The van der Waals surface area contributed by atoms with Crippen molar-refractivity contribution >= 4 is 16.8 Å². The predicted molar refractivity (Wildman–Crippen MR) is 87.6 cm³/mol. The van der Waals surface area contributed by atoms with Crippen molar-refractivity contribution in [1.29, 1.82) is 0 Å². The van der Waals surface area contributed by atoms with Crippen LogP contribution in [0.3, 0.4) is 0 Å². The van der Waals surface area contributed by atoms with Crippen LogP contribution >= 0.6 is 0 Å². The summed E-state index contributed by atoms with van der Waals surface area (Å²) in [6.07, 6.45) is 5.20. The van der Waals surface area contributed by atoms with Crippen LogP contribution in [0.2, 0.25) is 0 Å². The van der Waals surface area contributed by atoms with E-state index in [0.717, 1.165) is 43.0 Å². The van der Waals surface area contributed by atoms with Crippen LogP contribution in [0.1, 0.15) is 37.7 Å². The first-order valence-electron chi connectivity index (χ1n) is 7.91. The molecule has 0 spiro atoms. The van der Waals surface area contributed by atoms with E-state index in [-0.39, 0.29) is 11.5 Å². The largest absolute Gasteiger partial charge is 0.369 e. The highest BCUT2D eigenvalue weighted by molar-refractivity contribution is 5.82. The molecule has 0 unspecified atom stereocenters. The van der Waals surface area contributed by atoms with Crippen molar-refractivity contribution in [3.8, 4) is 0 Å². The molecular formula is C18H22N2O2. The zero-order chi connectivity index (χ0) is 15.7. The summed E-state index contributed by atoms with van der Waals surface area (Å²) in [4.78, 5) is 24.7. The van der Waals surface area contributed by atoms with E-state index in [2.05, 4.69) is 0 Å². The van der Waals surface area contributed by atoms with Crippen molar-refractivity contribution in [2.45, 2.75) is 38.5 Å². The number of carbonyl (C=O) groups excluding carboxylic acids is 1. The molecule has 4 nitrogen and oxygen atoms in total. The van der Waals surface area contributed by atoms with E-state index in [1.54, 1.807) is 11.6 Å². The molecule has 1 amide bonds. The molecule has 2 aromatic rings. The number of nitrogens with two attached hydrogens (primary N) is 1. The fraction of sp³-hybridized carbons (Fsp3) is 0.444. The Balaban J connectivity index is 2.08. The molecular weight excluding hydrogens is 276 g/mol. The molecule has 0 radical (unpaired) electrons. The van der Waals surface area contributed by atoms with E-state index in [1.165, 1.54) is 0 Å². The highest BCUT2D eigenvalue weighted by Crippen LogP contribution is 2.38. The molecule has 1 saturated carbocycles. The van der Waals surface area contributed by atoms with Gasteiger partial charge in [-0.3, -0.25) is 9.59 Å². The first-order valence-corrected chi connectivity index (χ1v) is 7.91. The number of rotatable bonds is 3. The van der Waals surface area contributed by atoms with Crippen LogP contribution in [0.15, 0.2) is 35.1 Å². The van der Waals surface area contributed by atoms with E-state index in [0.29, 0.717) is 12.0 Å². The third kappa shape index (κ3) is 2.43. The minimum absolute atomic E-state index is 0.0232. The Morgan fingerprint density at radius 2 is 1.91 bits per heavy atom. The highest BCUT2D eigenvalue weighted by Gasteiger charge is 2.38. The van der Waals surface area contributed by atoms with Crippen molar-refractivity contribution < 1.29 is 4.79 Å². The Kier molecular flexibility index (Phi) is 3.77. The van der Waals surface area contributed by atoms with Gasteiger partial charge < -0.3 is 10.3 Å². The van der Waals surface area contributed by atoms with Gasteiger partial charge in [-0.05, 0) is 36.8 Å². The third-order valence-electron chi connectivity index (χ3n) is 5.07. The predicted octanol–water partition coefficient (Wildman–Crippen LogP) is 2.52. The van der Waals surface area contributed by atoms with Crippen molar-refractivity contribution in [3.05, 3.63) is 46.2 Å². The molecule has 0 aliphatic heterocycles. The van der Waals surface area contributed by atoms with E-state index in [1.807, 2.05) is 30.3 Å². The summed E-state index contributed by atoms with van der Waals surface area (Å²) in [5, 5.41) is 1.02. The monoisotopic (exact) mass is 298 g/mol. The summed E-state index contributed by atoms with van der Waals surface area (Å²) in [7, 11) is 1.78. The lowest BCUT2D eigenvalue weighted by molar-refractivity contribution is -0.129. The number of benzene rings is 1. The van der Waals surface area contributed by atoms with Gasteiger partial charge in [0.1, 0.15) is 0 Å². The van der Waals surface area contributed by atoms with Gasteiger partial charge in [-0.2, -0.15) is 0 Å². The molecule has 1 aromatic heterocycles. The number of primary amides is 1. The Hall–Kier alpha value is -2.10. The Bertz CT molecular complexity index is 770. The van der Waals surface area contributed by atoms with Gasteiger partial charge in [-0.25, -0.2) is 0 Å². The molecule has 1 aliphatic carbocycles. The number of para-hydroxylation sites is 1. The fourth-order valence-corrected chi connectivity index (χ4v) is 3.72. The Labute approximate surface area is 129 Å². The smallest absolute Gasteiger partial charge is 0.254 e. The summed E-state index contributed by atoms with van der Waals surface area (Å²) in [6, 6.07) is 9.74. The van der Waals surface area contributed by atoms with E-state index in [4.69, 9.17) is 5.73 Å². The van der Waals surface area contributed by atoms with Crippen LogP contribution in [0.5, 0.6) is 0 Å². The van der Waals surface area contributed by atoms with Crippen molar-refractivity contribution in [3.63, 3.8) is 0 Å². The molecule has 3 rings (SSSR count). The number of fused-ring (bicyclic) bond motifs is 1. The molecule has 0 saturated heterocycles. The second-order valence-electron chi connectivity index (χ2n) is 6.47. The average molecular weight is 298 g/mol. The molecule has 2 N–H and O–H groups in total. The number of hydrogen-bond donors (Lipinski definition) is 1. The Morgan fingerprint density at radius 3 is 2.59 bits per heavy atom. The maximum atomic E-state index is 12.6. The zero-order valence-electron chi connectivity index (χ0n) is 13.0. The summed E-state index contributed by atoms with van der Waals surface area (Å²) in [5.41, 5.74) is 6.74. The van der Waals surface area contributed by atoms with Gasteiger partial charge in [0.15, 0.2) is 0 Å². The van der Waals surface area contributed by atoms with Gasteiger partial charge in [0.25, 0.3) is 5.56 Å². The zero-order valence-corrected chi connectivity index (χ0v) is 13.0. The highest BCUT2D eigenvalue weighted by atomic mass is 16.1. The first kappa shape index (κ1) is 14.8. The number of pyridine rings is 1. The normalized spacial score (nSPS) is 17.5. The molecule has 4 heteroatoms. The first-order chi connectivity index (χ1) is 10.5. The van der Waals surface area contributed by atoms with Gasteiger partial charge in [0.05, 0.1) is 10.9 Å². The summed E-state index contributed by atoms with van der Waals surface area (Å²) in [6.45, 7) is 0. The van der Waals surface area contributed by atoms with Crippen LogP contribution in [0, 0.1) is 5.41 Å². The number of nitrogens with zero attached hydrogens (tertiary/aromatic N) is 1. The van der Waals surface area contributed by atoms with Crippen LogP contribution in [-0.2, 0) is 18.3 Å². The van der Waals surface area contributed by atoms with Crippen molar-refractivity contribution in [2.24, 2.45) is 18.2 Å². The summed E-state index contributed by atoms with van der Waals surface area (Å²) < 4.78 is 1.67. The van der Waals surface area contributed by atoms with E-state index in [9.17, 15) is 9.59 Å². The average Bonchev–Trinajstić information content (AvgIpc) is 2.53. The lowest BCUT2D eigenvalue weighted by Crippen LogP contribution is -2.42. The SMILES string of the molecule is Cn1c(=O)c(CC2(C(N)=O)CCCCC2)cc2ccccc21. The second kappa shape index (κ2) is 5.59. The summed E-state index contributed by atoms with van der Waals surface area (Å²) in [5.74, 6) is -0.262. The minimum Gasteiger partial charge on any atom is -0.369 e. The van der Waals surface area contributed by atoms with Crippen molar-refractivity contribution in [2.75, 3.05) is 0 Å². The lowest BCUT2D eigenvalue weighted by atomic mass is 9.70. The topological polar surface area (TPSA) is 65.1 Å². The van der Waals surface area contributed by atoms with Gasteiger partial charge in [-0.1, -0.05) is 37.5 Å². The molecule has 1 fully saturated rings. The maximum Gasteiger partial charge on any atom is 0.254 e. The molecule has 0 atom stereocenters. The number of hydrogen-bond acceptors (Lipinski definition) is 2. The van der Waals surface area contributed by atoms with Crippen LogP contribution < -0.4 is 11.3 Å². The number of aryl methyl sites for hydroxylation is 1. The quantitative estimate of drug-likeness (QED) is 0.946. The lowest BCUT2D eigenvalue weighted by Gasteiger charge is -2.34. The molecule has 22 heavy (non-hydrogen) atoms. The summed E-state index contributed by atoms with van der Waals surface area (Å²) >= 11 is 0. The van der Waals surface area contributed by atoms with Crippen LogP contribution in [0.4, 0.5) is 0 Å². The molecule has 1 aromatic carbocycles.